The summed E-state index contributed by atoms with van der Waals surface area (Å²) in [7, 11) is 4.47. The number of allylic oxidation sites excluding steroid dienone is 1. The maximum Gasteiger partial charge on any atom is 0.222 e. The molecule has 1 saturated heterocycles. The van der Waals surface area contributed by atoms with Gasteiger partial charge < -0.3 is 21.7 Å². The molecule has 19 heavy (non-hydrogen) atoms. The van der Waals surface area contributed by atoms with E-state index in [1.54, 1.807) is 0 Å². The van der Waals surface area contributed by atoms with Gasteiger partial charge in [0.1, 0.15) is 0 Å². The van der Waals surface area contributed by atoms with Crippen molar-refractivity contribution in [2.45, 2.75) is 12.8 Å². The first-order valence-corrected chi connectivity index (χ1v) is 6.97. The SMILES string of the molecule is C=C(CC(CN)C(N)=O)CC1C[N+](C)(C)CC1CN. The quantitative estimate of drug-likeness (QED) is 0.436. The Hall–Kier alpha value is -0.910. The normalized spacial score (nSPS) is 27.2. The third-order valence-electron chi connectivity index (χ3n) is 4.20. The van der Waals surface area contributed by atoms with E-state index in [1.807, 2.05) is 0 Å². The lowest BCUT2D eigenvalue weighted by Gasteiger charge is -2.23. The summed E-state index contributed by atoms with van der Waals surface area (Å²) in [6.45, 7) is 7.34. The van der Waals surface area contributed by atoms with E-state index in [0.29, 0.717) is 24.8 Å². The summed E-state index contributed by atoms with van der Waals surface area (Å²) in [6, 6.07) is 0. The zero-order valence-electron chi connectivity index (χ0n) is 12.3. The van der Waals surface area contributed by atoms with Gasteiger partial charge in [-0.2, -0.15) is 0 Å². The second-order valence-corrected chi connectivity index (χ2v) is 6.55. The van der Waals surface area contributed by atoms with Crippen molar-refractivity contribution in [2.24, 2.45) is 35.0 Å². The minimum atomic E-state index is -0.332. The van der Waals surface area contributed by atoms with Crippen LogP contribution in [0, 0.1) is 17.8 Å². The van der Waals surface area contributed by atoms with E-state index < -0.39 is 0 Å². The molecule has 0 saturated carbocycles. The van der Waals surface area contributed by atoms with E-state index >= 15 is 0 Å². The average Bonchev–Trinajstić information content (AvgIpc) is 2.60. The first-order valence-electron chi connectivity index (χ1n) is 6.97. The van der Waals surface area contributed by atoms with E-state index in [9.17, 15) is 4.79 Å². The van der Waals surface area contributed by atoms with Gasteiger partial charge in [0.25, 0.3) is 0 Å². The fourth-order valence-electron chi connectivity index (χ4n) is 3.24. The minimum absolute atomic E-state index is 0.285. The lowest BCUT2D eigenvalue weighted by atomic mass is 9.87. The molecule has 0 radical (unpaired) electrons. The Labute approximate surface area is 116 Å². The van der Waals surface area contributed by atoms with Crippen LogP contribution in [0.1, 0.15) is 12.8 Å². The molecule has 6 N–H and O–H groups in total. The Kier molecular flexibility index (Phi) is 5.52. The number of nitrogens with two attached hydrogens (primary N) is 3. The van der Waals surface area contributed by atoms with Crippen molar-refractivity contribution in [1.29, 1.82) is 0 Å². The lowest BCUT2D eigenvalue weighted by Crippen LogP contribution is -2.37. The summed E-state index contributed by atoms with van der Waals surface area (Å²) in [6.07, 6.45) is 1.53. The van der Waals surface area contributed by atoms with E-state index in [4.69, 9.17) is 17.2 Å². The molecule has 5 nitrogen and oxygen atoms in total. The molecule has 1 heterocycles. The highest BCUT2D eigenvalue weighted by Gasteiger charge is 2.39. The van der Waals surface area contributed by atoms with Crippen molar-refractivity contribution >= 4 is 5.91 Å². The summed E-state index contributed by atoms with van der Waals surface area (Å²) in [5.74, 6) is 0.477. The monoisotopic (exact) mass is 269 g/mol. The van der Waals surface area contributed by atoms with Gasteiger partial charge in [0.05, 0.1) is 33.1 Å². The predicted octanol–water partition coefficient (Wildman–Crippen LogP) is -0.336. The summed E-state index contributed by atoms with van der Waals surface area (Å²) in [4.78, 5) is 11.2. The second-order valence-electron chi connectivity index (χ2n) is 6.55. The van der Waals surface area contributed by atoms with Crippen LogP contribution in [0.15, 0.2) is 12.2 Å². The Morgan fingerprint density at radius 3 is 2.37 bits per heavy atom. The molecule has 1 rings (SSSR count). The van der Waals surface area contributed by atoms with Gasteiger partial charge in [-0.3, -0.25) is 4.79 Å². The van der Waals surface area contributed by atoms with Crippen LogP contribution in [0.3, 0.4) is 0 Å². The van der Waals surface area contributed by atoms with Crippen molar-refractivity contribution in [3.8, 4) is 0 Å². The van der Waals surface area contributed by atoms with Crippen LogP contribution in [0.25, 0.3) is 0 Å². The molecule has 1 amide bonds. The van der Waals surface area contributed by atoms with Crippen molar-refractivity contribution < 1.29 is 9.28 Å². The van der Waals surface area contributed by atoms with Crippen LogP contribution in [-0.4, -0.2) is 50.7 Å². The first kappa shape index (κ1) is 16.1. The summed E-state index contributed by atoms with van der Waals surface area (Å²) >= 11 is 0. The number of quaternary nitrogens is 1. The van der Waals surface area contributed by atoms with Crippen LogP contribution in [-0.2, 0) is 4.79 Å². The van der Waals surface area contributed by atoms with E-state index in [0.717, 1.165) is 36.1 Å². The summed E-state index contributed by atoms with van der Waals surface area (Å²) in [5, 5.41) is 0. The molecule has 110 valence electrons. The Bertz CT molecular complexity index is 340. The van der Waals surface area contributed by atoms with E-state index in [1.165, 1.54) is 0 Å². The number of nitrogens with zero attached hydrogens (tertiary/aromatic N) is 1. The molecule has 1 aliphatic heterocycles. The van der Waals surface area contributed by atoms with Crippen LogP contribution in [0.4, 0.5) is 0 Å². The fourth-order valence-corrected chi connectivity index (χ4v) is 3.24. The summed E-state index contributed by atoms with van der Waals surface area (Å²) in [5.41, 5.74) is 17.8. The highest BCUT2D eigenvalue weighted by molar-refractivity contribution is 5.77. The Morgan fingerprint density at radius 2 is 1.89 bits per heavy atom. The summed E-state index contributed by atoms with van der Waals surface area (Å²) < 4.78 is 1.01. The van der Waals surface area contributed by atoms with Crippen molar-refractivity contribution in [2.75, 3.05) is 40.3 Å². The van der Waals surface area contributed by atoms with Crippen LogP contribution in [0.5, 0.6) is 0 Å². The third kappa shape index (κ3) is 4.60. The maximum absolute atomic E-state index is 11.2. The van der Waals surface area contributed by atoms with Gasteiger partial charge in [-0.1, -0.05) is 12.2 Å². The molecule has 1 aliphatic rings. The molecule has 3 unspecified atom stereocenters. The van der Waals surface area contributed by atoms with Crippen molar-refractivity contribution in [1.82, 2.24) is 0 Å². The van der Waals surface area contributed by atoms with Gasteiger partial charge in [-0.15, -0.1) is 0 Å². The van der Waals surface area contributed by atoms with Gasteiger partial charge in [-0.25, -0.2) is 0 Å². The van der Waals surface area contributed by atoms with Crippen LogP contribution >= 0.6 is 0 Å². The molecule has 5 heteroatoms. The predicted molar refractivity (Wildman–Crippen MR) is 78.0 cm³/mol. The van der Waals surface area contributed by atoms with E-state index in [-0.39, 0.29) is 11.8 Å². The van der Waals surface area contributed by atoms with Crippen LogP contribution in [0.2, 0.25) is 0 Å². The zero-order chi connectivity index (χ0) is 14.6. The van der Waals surface area contributed by atoms with E-state index in [2.05, 4.69) is 20.7 Å². The molecular formula is C14H29N4O+. The number of carbonyl (C=O) groups is 1. The molecule has 0 aromatic heterocycles. The highest BCUT2D eigenvalue weighted by atomic mass is 16.1. The van der Waals surface area contributed by atoms with Crippen molar-refractivity contribution in [3.05, 3.63) is 12.2 Å². The number of carbonyl (C=O) groups excluding carboxylic acids is 1. The Balaban J connectivity index is 2.54. The topological polar surface area (TPSA) is 95.1 Å². The highest BCUT2D eigenvalue weighted by Crippen LogP contribution is 2.32. The molecule has 3 atom stereocenters. The number of likely N-dealkylation sites (tertiary alicyclic amines) is 1. The molecule has 0 aromatic rings. The van der Waals surface area contributed by atoms with Gasteiger partial charge in [0.15, 0.2) is 0 Å². The molecule has 0 spiro atoms. The molecule has 0 aliphatic carbocycles. The van der Waals surface area contributed by atoms with Gasteiger partial charge in [0.2, 0.25) is 5.91 Å². The standard InChI is InChI=1S/C14H28N4O/c1-10(4-11(6-15)14(17)19)5-12-8-18(2,3)9-13(12)7-16/h11-13H,1,4-9,15-16H2,2-3H3,(H-,17,19)/p+1. The van der Waals surface area contributed by atoms with Gasteiger partial charge in [-0.05, 0) is 12.8 Å². The van der Waals surface area contributed by atoms with Gasteiger partial charge >= 0.3 is 0 Å². The number of primary amides is 1. The smallest absolute Gasteiger partial charge is 0.222 e. The first-order chi connectivity index (χ1) is 8.79. The largest absolute Gasteiger partial charge is 0.369 e. The number of amides is 1. The number of hydrogen-bond donors (Lipinski definition) is 3. The van der Waals surface area contributed by atoms with Gasteiger partial charge in [0, 0.05) is 24.9 Å². The van der Waals surface area contributed by atoms with Crippen LogP contribution < -0.4 is 17.2 Å². The number of hydrogen-bond acceptors (Lipinski definition) is 3. The molecule has 0 bridgehead atoms. The number of rotatable bonds is 7. The minimum Gasteiger partial charge on any atom is -0.369 e. The second kappa shape index (κ2) is 6.50. The zero-order valence-corrected chi connectivity index (χ0v) is 12.3. The maximum atomic E-state index is 11.2. The van der Waals surface area contributed by atoms with Crippen molar-refractivity contribution in [3.63, 3.8) is 0 Å². The third-order valence-corrected chi connectivity index (χ3v) is 4.20. The molecular weight excluding hydrogens is 240 g/mol. The fraction of sp³-hybridized carbons (Fsp3) is 0.786. The molecule has 1 fully saturated rings. The lowest BCUT2D eigenvalue weighted by molar-refractivity contribution is -0.880. The Morgan fingerprint density at radius 1 is 1.32 bits per heavy atom. The average molecular weight is 269 g/mol. The molecule has 0 aromatic carbocycles.